The number of benzene rings is 1. The number of aromatic amines is 1. The van der Waals surface area contributed by atoms with Crippen molar-refractivity contribution < 1.29 is 22.1 Å². The lowest BCUT2D eigenvalue weighted by Gasteiger charge is -2.28. The third-order valence-corrected chi connectivity index (χ3v) is 5.66. The van der Waals surface area contributed by atoms with Crippen LogP contribution in [-0.2, 0) is 13.1 Å². The third kappa shape index (κ3) is 4.69. The van der Waals surface area contributed by atoms with Crippen molar-refractivity contribution in [3.05, 3.63) is 42.4 Å². The summed E-state index contributed by atoms with van der Waals surface area (Å²) in [4.78, 5) is 4.27. The summed E-state index contributed by atoms with van der Waals surface area (Å²) >= 11 is 0. The fourth-order valence-corrected chi connectivity index (χ4v) is 4.08. The maximum absolute atomic E-state index is 14.4. The second-order valence-electron chi connectivity index (χ2n) is 8.06. The molecule has 34 heavy (non-hydrogen) atoms. The lowest BCUT2D eigenvalue weighted by molar-refractivity contribution is -0.139. The molecule has 0 amide bonds. The summed E-state index contributed by atoms with van der Waals surface area (Å²) in [5.41, 5.74) is 1.04. The number of nitrogens with one attached hydrogen (secondary N) is 4. The van der Waals surface area contributed by atoms with E-state index in [0.29, 0.717) is 35.4 Å². The molecule has 9 nitrogen and oxygen atoms in total. The molecule has 0 bridgehead atoms. The Balaban J connectivity index is 1.49. The van der Waals surface area contributed by atoms with Crippen molar-refractivity contribution in [3.63, 3.8) is 0 Å². The van der Waals surface area contributed by atoms with Gasteiger partial charge in [-0.25, -0.2) is 4.39 Å². The molecular weight excluding hydrogens is 456 g/mol. The van der Waals surface area contributed by atoms with Crippen LogP contribution >= 0.6 is 0 Å². The van der Waals surface area contributed by atoms with Crippen molar-refractivity contribution in [2.24, 2.45) is 0 Å². The highest BCUT2D eigenvalue weighted by Crippen LogP contribution is 2.34. The van der Waals surface area contributed by atoms with Gasteiger partial charge in [-0.1, -0.05) is 11.2 Å². The van der Waals surface area contributed by atoms with Crippen LogP contribution in [0, 0.1) is 0 Å². The van der Waals surface area contributed by atoms with Gasteiger partial charge in [-0.05, 0) is 37.2 Å². The minimum atomic E-state index is -4.47. The van der Waals surface area contributed by atoms with Crippen molar-refractivity contribution >= 4 is 22.4 Å². The van der Waals surface area contributed by atoms with Gasteiger partial charge in [-0.15, -0.1) is 0 Å². The maximum atomic E-state index is 14.4. The molecule has 1 aliphatic rings. The lowest BCUT2D eigenvalue weighted by atomic mass is 10.0. The van der Waals surface area contributed by atoms with Gasteiger partial charge in [0.05, 0.1) is 30.0 Å². The predicted octanol–water partition coefficient (Wildman–Crippen LogP) is 3.70. The summed E-state index contributed by atoms with van der Waals surface area (Å²) < 4.78 is 61.1. The summed E-state index contributed by atoms with van der Waals surface area (Å²) in [5, 5.41) is 20.1. The van der Waals surface area contributed by atoms with Crippen molar-refractivity contribution in [3.8, 4) is 11.5 Å². The molecule has 0 aliphatic carbocycles. The average Bonchev–Trinajstić information content (AvgIpc) is 3.54. The van der Waals surface area contributed by atoms with Gasteiger partial charge in [0, 0.05) is 17.6 Å². The molecule has 1 aliphatic heterocycles. The van der Waals surface area contributed by atoms with Crippen molar-refractivity contribution in [1.82, 2.24) is 30.2 Å². The summed E-state index contributed by atoms with van der Waals surface area (Å²) in [6.07, 6.45) is -3.45. The Bertz CT molecular complexity index is 1250. The summed E-state index contributed by atoms with van der Waals surface area (Å²) in [6.45, 7) is -0.182. The fraction of sp³-hybridized carbons (Fsp3) is 0.381. The number of fused-ring (bicyclic) bond motifs is 1. The highest BCUT2D eigenvalue weighted by atomic mass is 19.4. The van der Waals surface area contributed by atoms with Gasteiger partial charge in [0.15, 0.2) is 0 Å². The Morgan fingerprint density at radius 1 is 1.24 bits per heavy atom. The molecule has 5 rings (SSSR count). The molecule has 4 aromatic rings. The fourth-order valence-electron chi connectivity index (χ4n) is 4.08. The van der Waals surface area contributed by atoms with Crippen molar-refractivity contribution in [2.75, 3.05) is 23.7 Å². The number of hydrogen-bond acceptors (Lipinski definition) is 7. The Hall–Kier alpha value is -3.61. The molecule has 0 radical (unpaired) electrons. The molecule has 4 heterocycles. The Labute approximate surface area is 190 Å². The van der Waals surface area contributed by atoms with Gasteiger partial charge in [0.2, 0.25) is 11.7 Å². The van der Waals surface area contributed by atoms with Crippen LogP contribution in [0.25, 0.3) is 22.4 Å². The minimum absolute atomic E-state index is 0.0260. The topological polar surface area (TPSA) is 109 Å². The van der Waals surface area contributed by atoms with E-state index in [4.69, 9.17) is 4.52 Å². The normalized spacial score (nSPS) is 18.9. The van der Waals surface area contributed by atoms with E-state index < -0.39 is 24.9 Å². The van der Waals surface area contributed by atoms with Gasteiger partial charge in [0.1, 0.15) is 18.5 Å². The van der Waals surface area contributed by atoms with Gasteiger partial charge in [-0.2, -0.15) is 23.3 Å². The Morgan fingerprint density at radius 3 is 2.88 bits per heavy atom. The van der Waals surface area contributed by atoms with E-state index in [0.717, 1.165) is 4.57 Å². The number of H-pyrrole nitrogens is 1. The number of piperidine rings is 1. The second-order valence-corrected chi connectivity index (χ2v) is 8.06. The largest absolute Gasteiger partial charge is 0.406 e. The average molecular weight is 478 g/mol. The second kappa shape index (κ2) is 8.97. The smallest absolute Gasteiger partial charge is 0.379 e. The van der Waals surface area contributed by atoms with Crippen molar-refractivity contribution in [2.45, 2.75) is 37.9 Å². The number of halogens is 4. The number of nitrogens with zero attached hydrogens (tertiary/aromatic N) is 4. The first-order chi connectivity index (χ1) is 16.4. The van der Waals surface area contributed by atoms with Crippen LogP contribution in [0.15, 0.2) is 41.1 Å². The number of aromatic nitrogens is 5. The van der Waals surface area contributed by atoms with Crippen LogP contribution in [-0.4, -0.2) is 56.4 Å². The molecule has 2 atom stereocenters. The van der Waals surface area contributed by atoms with E-state index in [9.17, 15) is 17.6 Å². The summed E-state index contributed by atoms with van der Waals surface area (Å²) in [5.74, 6) is 0.852. The lowest BCUT2D eigenvalue weighted by Crippen LogP contribution is -2.45. The molecule has 1 aromatic carbocycles. The standard InChI is InChI=1S/C21H22F4N8O/c22-13-9-26-6-4-15(13)29-14-2-1-3-16-12(14)8-17(33(16)11-21(23,24)25)20-30-19(34-32-20)10-27-18-5-7-28-31-18/h1-3,5,7-8,13,15,26,29H,4,6,9-11H2,(H2,27,28,31)/t13-,15+/m0/s1. The molecule has 0 saturated carbocycles. The van der Waals surface area contributed by atoms with Gasteiger partial charge in [0.25, 0.3) is 0 Å². The number of hydrogen-bond donors (Lipinski definition) is 4. The summed E-state index contributed by atoms with van der Waals surface area (Å²) in [7, 11) is 0. The van der Waals surface area contributed by atoms with Crippen LogP contribution in [0.4, 0.5) is 29.1 Å². The molecule has 0 spiro atoms. The van der Waals surface area contributed by atoms with Crippen LogP contribution in [0.1, 0.15) is 12.3 Å². The third-order valence-electron chi connectivity index (χ3n) is 5.66. The molecule has 3 aromatic heterocycles. The maximum Gasteiger partial charge on any atom is 0.406 e. The zero-order chi connectivity index (χ0) is 23.7. The first-order valence-electron chi connectivity index (χ1n) is 10.7. The molecule has 0 unspecified atom stereocenters. The summed E-state index contributed by atoms with van der Waals surface area (Å²) in [6, 6.07) is 7.81. The van der Waals surface area contributed by atoms with E-state index in [1.807, 2.05) is 0 Å². The molecule has 13 heteroatoms. The minimum Gasteiger partial charge on any atom is -0.379 e. The van der Waals surface area contributed by atoms with Gasteiger partial charge < -0.3 is 25.0 Å². The first-order valence-corrected chi connectivity index (χ1v) is 10.7. The van der Waals surface area contributed by atoms with Crippen LogP contribution < -0.4 is 16.0 Å². The van der Waals surface area contributed by atoms with E-state index >= 15 is 0 Å². The predicted molar refractivity (Wildman–Crippen MR) is 117 cm³/mol. The highest BCUT2D eigenvalue weighted by Gasteiger charge is 2.32. The van der Waals surface area contributed by atoms with Crippen LogP contribution in [0.5, 0.6) is 0 Å². The van der Waals surface area contributed by atoms with Gasteiger partial charge in [-0.3, -0.25) is 5.10 Å². The first kappa shape index (κ1) is 22.2. The molecule has 1 saturated heterocycles. The number of rotatable bonds is 7. The molecule has 4 N–H and O–H groups in total. The Morgan fingerprint density at radius 2 is 2.12 bits per heavy atom. The van der Waals surface area contributed by atoms with Gasteiger partial charge >= 0.3 is 6.18 Å². The highest BCUT2D eigenvalue weighted by molar-refractivity contribution is 5.96. The van der Waals surface area contributed by atoms with E-state index in [-0.39, 0.29) is 30.5 Å². The molecule has 1 fully saturated rings. The zero-order valence-electron chi connectivity index (χ0n) is 17.9. The number of alkyl halides is 4. The Kier molecular flexibility index (Phi) is 5.86. The van der Waals surface area contributed by atoms with E-state index in [1.165, 1.54) is 0 Å². The molecule has 180 valence electrons. The van der Waals surface area contributed by atoms with E-state index in [2.05, 4.69) is 36.3 Å². The molecular formula is C21H22F4N8O. The number of anilines is 2. The van der Waals surface area contributed by atoms with Crippen LogP contribution in [0.3, 0.4) is 0 Å². The van der Waals surface area contributed by atoms with E-state index in [1.54, 1.807) is 36.5 Å². The monoisotopic (exact) mass is 478 g/mol. The zero-order valence-corrected chi connectivity index (χ0v) is 17.9. The SMILES string of the molecule is F[C@H]1CNCC[C@H]1Nc1cccc2c1cc(-c1noc(CNc3ccn[nH]3)n1)n2CC(F)(F)F. The van der Waals surface area contributed by atoms with Crippen LogP contribution in [0.2, 0.25) is 0 Å². The quantitative estimate of drug-likeness (QED) is 0.300. The van der Waals surface area contributed by atoms with Crippen molar-refractivity contribution in [1.29, 1.82) is 0 Å².